The Hall–Kier alpha value is -4.14. The third kappa shape index (κ3) is 12.5. The van der Waals surface area contributed by atoms with Crippen molar-refractivity contribution in [3.05, 3.63) is 137 Å². The number of aliphatic imine (C=N–C) groups is 1. The Balaban J connectivity index is 0.000000220. The maximum Gasteiger partial charge on any atom is 0.119 e. The van der Waals surface area contributed by atoms with E-state index in [1.807, 2.05) is 24.3 Å². The molecule has 5 heteroatoms. The van der Waals surface area contributed by atoms with Crippen molar-refractivity contribution in [3.63, 3.8) is 0 Å². The summed E-state index contributed by atoms with van der Waals surface area (Å²) in [7, 11) is 0. The number of thiol groups is 1. The molecule has 3 aromatic carbocycles. The minimum atomic E-state index is 0.482. The molecular formula is C48H65N3OS. The zero-order chi connectivity index (χ0) is 39.0. The van der Waals surface area contributed by atoms with Gasteiger partial charge in [0, 0.05) is 55.4 Å². The van der Waals surface area contributed by atoms with E-state index in [9.17, 15) is 0 Å². The second-order valence-corrected chi connectivity index (χ2v) is 15.8. The smallest absolute Gasteiger partial charge is 0.119 e. The van der Waals surface area contributed by atoms with Gasteiger partial charge in [0.2, 0.25) is 0 Å². The van der Waals surface area contributed by atoms with E-state index in [1.54, 1.807) is 0 Å². The van der Waals surface area contributed by atoms with Gasteiger partial charge in [0.25, 0.3) is 0 Å². The molecule has 1 saturated carbocycles. The van der Waals surface area contributed by atoms with Gasteiger partial charge in [-0.25, -0.2) is 0 Å². The Morgan fingerprint density at radius 2 is 1.64 bits per heavy atom. The Labute approximate surface area is 328 Å². The van der Waals surface area contributed by atoms with E-state index in [0.717, 1.165) is 56.1 Å². The summed E-state index contributed by atoms with van der Waals surface area (Å²) >= 11 is 4.06. The van der Waals surface area contributed by atoms with Gasteiger partial charge in [-0.05, 0) is 84.3 Å². The molecule has 3 unspecified atom stereocenters. The molecule has 1 aliphatic carbocycles. The molecule has 4 nitrogen and oxygen atoms in total. The molecule has 1 N–H and O–H groups in total. The number of nitrogens with one attached hydrogen (secondary N) is 1. The van der Waals surface area contributed by atoms with Gasteiger partial charge in [0.1, 0.15) is 5.75 Å². The average molecular weight is 732 g/mol. The molecule has 2 fully saturated rings. The van der Waals surface area contributed by atoms with E-state index < -0.39 is 0 Å². The lowest BCUT2D eigenvalue weighted by Gasteiger charge is -2.31. The summed E-state index contributed by atoms with van der Waals surface area (Å²) in [6.45, 7) is 27.0. The van der Waals surface area contributed by atoms with Crippen LogP contribution < -0.4 is 9.46 Å². The molecule has 3 atom stereocenters. The lowest BCUT2D eigenvalue weighted by atomic mass is 9.74. The average Bonchev–Trinajstić information content (AvgIpc) is 3.50. The maximum absolute atomic E-state index is 5.83. The van der Waals surface area contributed by atoms with Gasteiger partial charge in [-0.1, -0.05) is 140 Å². The highest BCUT2D eigenvalue weighted by Gasteiger charge is 2.57. The number of likely N-dealkylation sites (tertiary alicyclic amines) is 1. The number of terminal acetylenes is 1. The molecule has 0 radical (unpaired) electrons. The van der Waals surface area contributed by atoms with Crippen molar-refractivity contribution in [1.82, 2.24) is 9.62 Å². The van der Waals surface area contributed by atoms with Gasteiger partial charge in [-0.3, -0.25) is 4.99 Å². The van der Waals surface area contributed by atoms with E-state index in [4.69, 9.17) is 9.73 Å². The molecule has 3 aliphatic rings. The molecule has 1 saturated heterocycles. The van der Waals surface area contributed by atoms with Crippen LogP contribution in [0.4, 0.5) is 0 Å². The summed E-state index contributed by atoms with van der Waals surface area (Å²) in [5, 5.41) is 0. The van der Waals surface area contributed by atoms with Crippen molar-refractivity contribution in [2.45, 2.75) is 93.4 Å². The van der Waals surface area contributed by atoms with Crippen molar-refractivity contribution < 1.29 is 4.74 Å². The van der Waals surface area contributed by atoms with Crippen LogP contribution in [0.2, 0.25) is 0 Å². The highest BCUT2D eigenvalue weighted by Crippen LogP contribution is 2.66. The molecular weight excluding hydrogens is 667 g/mol. The third-order valence-electron chi connectivity index (χ3n) is 11.3. The Morgan fingerprint density at radius 1 is 0.981 bits per heavy atom. The number of hydrogen-bond acceptors (Lipinski definition) is 5. The summed E-state index contributed by atoms with van der Waals surface area (Å²) in [5.74, 6) is 2.44. The van der Waals surface area contributed by atoms with E-state index >= 15 is 0 Å². The van der Waals surface area contributed by atoms with E-state index in [1.165, 1.54) is 58.6 Å². The van der Waals surface area contributed by atoms with Gasteiger partial charge in [-0.15, -0.1) is 12.8 Å². The highest BCUT2D eigenvalue weighted by molar-refractivity contribution is 7.78. The second kappa shape index (κ2) is 20.9. The number of aryl methyl sites for hydroxylation is 1. The minimum absolute atomic E-state index is 0.482. The van der Waals surface area contributed by atoms with Crippen LogP contribution in [0.1, 0.15) is 96.8 Å². The van der Waals surface area contributed by atoms with Crippen molar-refractivity contribution in [2.24, 2.45) is 27.7 Å². The largest absolute Gasteiger partial charge is 0.493 e. The maximum atomic E-state index is 5.83. The van der Waals surface area contributed by atoms with Crippen LogP contribution in [0.5, 0.6) is 5.75 Å². The van der Waals surface area contributed by atoms with Gasteiger partial charge in [0.15, 0.2) is 0 Å². The molecule has 0 spiro atoms. The number of ether oxygens (including phenoxy) is 1. The summed E-state index contributed by atoms with van der Waals surface area (Å²) < 4.78 is 8.69. The number of benzene rings is 3. The Bertz CT molecular complexity index is 1680. The first-order valence-corrected chi connectivity index (χ1v) is 19.7. The van der Waals surface area contributed by atoms with E-state index in [-0.39, 0.29) is 0 Å². The molecule has 284 valence electrons. The summed E-state index contributed by atoms with van der Waals surface area (Å²) in [6, 6.07) is 29.1. The molecule has 0 aromatic heterocycles. The van der Waals surface area contributed by atoms with Crippen molar-refractivity contribution in [2.75, 3.05) is 19.7 Å². The number of nitrogens with zero attached hydrogens (tertiary/aromatic N) is 2. The normalized spacial score (nSPS) is 20.0. The molecule has 3 aromatic rings. The number of hydrogen-bond donors (Lipinski definition) is 2. The van der Waals surface area contributed by atoms with Crippen LogP contribution in [-0.4, -0.2) is 30.3 Å². The molecule has 0 bridgehead atoms. The molecule has 0 amide bonds. The predicted molar refractivity (Wildman–Crippen MR) is 232 cm³/mol. The highest BCUT2D eigenvalue weighted by atomic mass is 32.1. The van der Waals surface area contributed by atoms with Crippen LogP contribution in [-0.2, 0) is 6.42 Å². The molecule has 2 heterocycles. The fraction of sp³-hybridized carbons (Fsp3) is 0.438. The van der Waals surface area contributed by atoms with Crippen LogP contribution in [0.25, 0.3) is 0 Å². The van der Waals surface area contributed by atoms with Crippen LogP contribution in [0.3, 0.4) is 0 Å². The zero-order valence-electron chi connectivity index (χ0n) is 33.6. The molecule has 53 heavy (non-hydrogen) atoms. The van der Waals surface area contributed by atoms with Gasteiger partial charge in [-0.2, -0.15) is 0 Å². The van der Waals surface area contributed by atoms with Crippen LogP contribution in [0, 0.1) is 42.4 Å². The first-order chi connectivity index (χ1) is 25.4. The van der Waals surface area contributed by atoms with Crippen LogP contribution in [0.15, 0.2) is 126 Å². The summed E-state index contributed by atoms with van der Waals surface area (Å²) in [5.41, 5.74) is 10.9. The fourth-order valence-corrected chi connectivity index (χ4v) is 8.03. The number of rotatable bonds is 12. The van der Waals surface area contributed by atoms with Gasteiger partial charge in [0.05, 0.1) is 12.3 Å². The van der Waals surface area contributed by atoms with E-state index in [0.29, 0.717) is 23.4 Å². The fourth-order valence-electron chi connectivity index (χ4n) is 7.85. The molecule has 2 aliphatic heterocycles. The quantitative estimate of drug-likeness (QED) is 0.144. The Kier molecular flexibility index (Phi) is 17.1. The number of allylic oxidation sites excluding steroid dienone is 2. The molecule has 6 rings (SSSR count). The standard InChI is InChI=1S/C20H21NO.C15H20N2S.C11H22.C2H2/c1-15-7-6-10-18(13-15)22-12-11-19-16(2)14-20(21-19)17-8-4-3-5-9-17;1-12(10-14-6-4-3-5-7-14)17-9-8-15(11-17)13(2)16-18;1-6-9-8-11(9,7-2)10(3,4)5;1-2/h3-10,13H,11-12,14H2,1-2H3;3-7,15-16,18H,1-2,8-11H2;9H,6-8H2,1-5H3;1-2H. The topological polar surface area (TPSA) is 36.9 Å². The summed E-state index contributed by atoms with van der Waals surface area (Å²) in [4.78, 5) is 7.16. The van der Waals surface area contributed by atoms with Crippen molar-refractivity contribution in [3.8, 4) is 18.6 Å². The van der Waals surface area contributed by atoms with E-state index in [2.05, 4.69) is 158 Å². The predicted octanol–water partition coefficient (Wildman–Crippen LogP) is 12.1. The van der Waals surface area contributed by atoms with Gasteiger partial charge >= 0.3 is 0 Å². The van der Waals surface area contributed by atoms with Crippen LogP contribution >= 0.6 is 12.8 Å². The summed E-state index contributed by atoms with van der Waals surface area (Å²) in [6.07, 6.45) is 16.1. The van der Waals surface area contributed by atoms with Crippen molar-refractivity contribution >= 4 is 18.5 Å². The van der Waals surface area contributed by atoms with Gasteiger partial charge < -0.3 is 14.4 Å². The SMILES string of the molecule is C#C.C=C(NS)C1CCN(C(=C)Cc2ccccc2)C1.CC1=C(CCOc2cccc(C)c2)N=C(c2ccccc2)C1.CCC1CC1(CC)C(C)(C)C. The monoisotopic (exact) mass is 731 g/mol. The third-order valence-corrected chi connectivity index (χ3v) is 11.6. The lowest BCUT2D eigenvalue weighted by molar-refractivity contribution is 0.182. The zero-order valence-corrected chi connectivity index (χ0v) is 34.5. The Morgan fingerprint density at radius 3 is 2.19 bits per heavy atom. The first-order valence-electron chi connectivity index (χ1n) is 19.3. The van der Waals surface area contributed by atoms with Crippen molar-refractivity contribution in [1.29, 1.82) is 0 Å². The second-order valence-electron chi connectivity index (χ2n) is 15.6. The first kappa shape index (κ1) is 43.3. The minimum Gasteiger partial charge on any atom is -0.493 e. The lowest BCUT2D eigenvalue weighted by Crippen LogP contribution is -2.23.